The first kappa shape index (κ1) is 15.1. The van der Waals surface area contributed by atoms with E-state index in [4.69, 9.17) is 0 Å². The molecule has 7 heteroatoms. The highest BCUT2D eigenvalue weighted by atomic mass is 16.1. The lowest BCUT2D eigenvalue weighted by atomic mass is 10.1. The van der Waals surface area contributed by atoms with Gasteiger partial charge in [-0.15, -0.1) is 0 Å². The number of imidazole rings is 1. The SMILES string of the molecule is Cc1cnc2c(C(=O)NCc3ccccc3-n3ccnc3)cnn2c1. The number of nitrogens with zero attached hydrogens (tertiary/aromatic N) is 5. The van der Waals surface area contributed by atoms with Gasteiger partial charge in [-0.1, -0.05) is 18.2 Å². The van der Waals surface area contributed by atoms with Crippen LogP contribution in [0.5, 0.6) is 0 Å². The molecule has 0 aliphatic heterocycles. The monoisotopic (exact) mass is 332 g/mol. The van der Waals surface area contributed by atoms with E-state index in [0.29, 0.717) is 17.8 Å². The molecule has 1 amide bonds. The Labute approximate surface area is 144 Å². The smallest absolute Gasteiger partial charge is 0.257 e. The van der Waals surface area contributed by atoms with Crippen molar-refractivity contribution in [1.29, 1.82) is 0 Å². The zero-order chi connectivity index (χ0) is 17.2. The van der Waals surface area contributed by atoms with Gasteiger partial charge < -0.3 is 9.88 Å². The van der Waals surface area contributed by atoms with Gasteiger partial charge in [0, 0.05) is 31.3 Å². The van der Waals surface area contributed by atoms with Crippen LogP contribution < -0.4 is 5.32 Å². The standard InChI is InChI=1S/C18H16N6O/c1-13-8-20-17-15(10-22-24(17)11-13)18(25)21-9-14-4-2-3-5-16(14)23-7-6-19-12-23/h2-8,10-12H,9H2,1H3,(H,21,25). The Morgan fingerprint density at radius 1 is 1.24 bits per heavy atom. The molecule has 0 aliphatic rings. The van der Waals surface area contributed by atoms with E-state index in [0.717, 1.165) is 16.8 Å². The van der Waals surface area contributed by atoms with Gasteiger partial charge in [0.1, 0.15) is 5.56 Å². The third-order valence-electron chi connectivity index (χ3n) is 3.94. The second-order valence-electron chi connectivity index (χ2n) is 5.74. The molecular formula is C18H16N6O. The van der Waals surface area contributed by atoms with Crippen molar-refractivity contribution >= 4 is 11.6 Å². The Morgan fingerprint density at radius 2 is 2.12 bits per heavy atom. The zero-order valence-electron chi connectivity index (χ0n) is 13.6. The molecule has 0 radical (unpaired) electrons. The Bertz CT molecular complexity index is 1030. The Balaban J connectivity index is 1.56. The summed E-state index contributed by atoms with van der Waals surface area (Å²) in [5.74, 6) is -0.202. The van der Waals surface area contributed by atoms with E-state index in [-0.39, 0.29) is 5.91 Å². The number of carbonyl (C=O) groups excluding carboxylic acids is 1. The van der Waals surface area contributed by atoms with Crippen LogP contribution in [0.1, 0.15) is 21.5 Å². The lowest BCUT2D eigenvalue weighted by Gasteiger charge is -2.11. The fraction of sp³-hybridized carbons (Fsp3) is 0.111. The topological polar surface area (TPSA) is 77.1 Å². The Hall–Kier alpha value is -3.48. The van der Waals surface area contributed by atoms with Crippen molar-refractivity contribution in [3.05, 3.63) is 78.3 Å². The van der Waals surface area contributed by atoms with Crippen molar-refractivity contribution in [3.8, 4) is 5.69 Å². The fourth-order valence-corrected chi connectivity index (χ4v) is 2.71. The van der Waals surface area contributed by atoms with Crippen LogP contribution in [0.25, 0.3) is 11.3 Å². The fourth-order valence-electron chi connectivity index (χ4n) is 2.71. The molecule has 0 atom stereocenters. The average Bonchev–Trinajstić information content (AvgIpc) is 3.29. The third kappa shape index (κ3) is 2.87. The van der Waals surface area contributed by atoms with E-state index in [1.54, 1.807) is 29.4 Å². The molecule has 0 aliphatic carbocycles. The van der Waals surface area contributed by atoms with Gasteiger partial charge in [-0.05, 0) is 24.1 Å². The molecule has 0 fully saturated rings. The maximum absolute atomic E-state index is 12.6. The average molecular weight is 332 g/mol. The van der Waals surface area contributed by atoms with E-state index >= 15 is 0 Å². The maximum atomic E-state index is 12.6. The number of para-hydroxylation sites is 1. The van der Waals surface area contributed by atoms with Crippen LogP contribution in [0.4, 0.5) is 0 Å². The van der Waals surface area contributed by atoms with Crippen LogP contribution >= 0.6 is 0 Å². The predicted molar refractivity (Wildman–Crippen MR) is 92.5 cm³/mol. The predicted octanol–water partition coefficient (Wildman–Crippen LogP) is 2.15. The second-order valence-corrected chi connectivity index (χ2v) is 5.74. The first-order valence-corrected chi connectivity index (χ1v) is 7.87. The lowest BCUT2D eigenvalue weighted by Crippen LogP contribution is -2.23. The highest BCUT2D eigenvalue weighted by Crippen LogP contribution is 2.14. The molecule has 0 bridgehead atoms. The largest absolute Gasteiger partial charge is 0.348 e. The normalized spacial score (nSPS) is 10.9. The van der Waals surface area contributed by atoms with Gasteiger partial charge in [0.2, 0.25) is 0 Å². The molecule has 0 spiro atoms. The molecular weight excluding hydrogens is 316 g/mol. The molecule has 25 heavy (non-hydrogen) atoms. The minimum absolute atomic E-state index is 0.202. The number of nitrogens with one attached hydrogen (secondary N) is 1. The molecule has 1 N–H and O–H groups in total. The van der Waals surface area contributed by atoms with Crippen molar-refractivity contribution in [2.75, 3.05) is 0 Å². The number of aryl methyl sites for hydroxylation is 1. The van der Waals surface area contributed by atoms with Crippen LogP contribution in [-0.2, 0) is 6.54 Å². The molecule has 4 rings (SSSR count). The number of amides is 1. The minimum Gasteiger partial charge on any atom is -0.348 e. The molecule has 3 aromatic heterocycles. The molecule has 0 saturated heterocycles. The second kappa shape index (κ2) is 6.20. The van der Waals surface area contributed by atoms with Crippen LogP contribution in [0.3, 0.4) is 0 Å². The summed E-state index contributed by atoms with van der Waals surface area (Å²) in [7, 11) is 0. The van der Waals surface area contributed by atoms with Gasteiger partial charge in [-0.3, -0.25) is 4.79 Å². The molecule has 4 aromatic rings. The van der Waals surface area contributed by atoms with Crippen LogP contribution in [0, 0.1) is 6.92 Å². The van der Waals surface area contributed by atoms with E-state index in [2.05, 4.69) is 20.4 Å². The van der Waals surface area contributed by atoms with E-state index in [9.17, 15) is 4.79 Å². The van der Waals surface area contributed by atoms with E-state index in [1.807, 2.05) is 48.1 Å². The zero-order valence-corrected chi connectivity index (χ0v) is 13.6. The van der Waals surface area contributed by atoms with Gasteiger partial charge in [-0.25, -0.2) is 14.5 Å². The summed E-state index contributed by atoms with van der Waals surface area (Å²) in [6.07, 6.45) is 10.4. The molecule has 0 unspecified atom stereocenters. The van der Waals surface area contributed by atoms with Crippen LogP contribution in [0.2, 0.25) is 0 Å². The first-order chi connectivity index (χ1) is 12.2. The summed E-state index contributed by atoms with van der Waals surface area (Å²) in [5, 5.41) is 7.14. The molecule has 3 heterocycles. The molecule has 124 valence electrons. The quantitative estimate of drug-likeness (QED) is 0.621. The number of hydrogen-bond acceptors (Lipinski definition) is 4. The third-order valence-corrected chi connectivity index (χ3v) is 3.94. The number of benzene rings is 1. The number of fused-ring (bicyclic) bond motifs is 1. The molecule has 7 nitrogen and oxygen atoms in total. The van der Waals surface area contributed by atoms with Gasteiger partial charge in [0.05, 0.1) is 18.2 Å². The summed E-state index contributed by atoms with van der Waals surface area (Å²) < 4.78 is 3.53. The first-order valence-electron chi connectivity index (χ1n) is 7.87. The Kier molecular flexibility index (Phi) is 3.74. The summed E-state index contributed by atoms with van der Waals surface area (Å²) in [6, 6.07) is 7.87. The highest BCUT2D eigenvalue weighted by Gasteiger charge is 2.14. The van der Waals surface area contributed by atoms with Crippen molar-refractivity contribution in [2.45, 2.75) is 13.5 Å². The van der Waals surface area contributed by atoms with Gasteiger partial charge >= 0.3 is 0 Å². The highest BCUT2D eigenvalue weighted by molar-refractivity contribution is 5.99. The van der Waals surface area contributed by atoms with Crippen molar-refractivity contribution in [2.24, 2.45) is 0 Å². The van der Waals surface area contributed by atoms with Gasteiger partial charge in [0.25, 0.3) is 5.91 Å². The van der Waals surface area contributed by atoms with Crippen molar-refractivity contribution < 1.29 is 4.79 Å². The van der Waals surface area contributed by atoms with Gasteiger partial charge in [-0.2, -0.15) is 5.10 Å². The number of aromatic nitrogens is 5. The van der Waals surface area contributed by atoms with Crippen LogP contribution in [-0.4, -0.2) is 30.1 Å². The number of hydrogen-bond donors (Lipinski definition) is 1. The summed E-state index contributed by atoms with van der Waals surface area (Å²) in [4.78, 5) is 20.9. The van der Waals surface area contributed by atoms with E-state index < -0.39 is 0 Å². The lowest BCUT2D eigenvalue weighted by molar-refractivity contribution is 0.0952. The number of rotatable bonds is 4. The summed E-state index contributed by atoms with van der Waals surface area (Å²) >= 11 is 0. The Morgan fingerprint density at radius 3 is 2.96 bits per heavy atom. The summed E-state index contributed by atoms with van der Waals surface area (Å²) in [6.45, 7) is 2.33. The summed E-state index contributed by atoms with van der Waals surface area (Å²) in [5.41, 5.74) is 3.96. The molecule has 0 saturated carbocycles. The van der Waals surface area contributed by atoms with Crippen molar-refractivity contribution in [1.82, 2.24) is 29.5 Å². The van der Waals surface area contributed by atoms with Crippen LogP contribution in [0.15, 0.2) is 61.6 Å². The maximum Gasteiger partial charge on any atom is 0.257 e. The minimum atomic E-state index is -0.202. The van der Waals surface area contributed by atoms with Gasteiger partial charge in [0.15, 0.2) is 5.65 Å². The van der Waals surface area contributed by atoms with Crippen molar-refractivity contribution in [3.63, 3.8) is 0 Å². The number of carbonyl (C=O) groups is 1. The molecule has 1 aromatic carbocycles. The van der Waals surface area contributed by atoms with E-state index in [1.165, 1.54) is 0 Å².